The second-order valence-corrected chi connectivity index (χ2v) is 9.66. The lowest BCUT2D eigenvalue weighted by Gasteiger charge is -2.27. The molecule has 2 fully saturated rings. The number of ketones is 2. The summed E-state index contributed by atoms with van der Waals surface area (Å²) >= 11 is 3.36. The highest BCUT2D eigenvalue weighted by molar-refractivity contribution is 9.10. The average molecular weight is 532 g/mol. The fraction of sp³-hybridized carbons (Fsp3) is 0.185. The van der Waals surface area contributed by atoms with Crippen LogP contribution < -0.4 is 9.64 Å². The molecule has 2 saturated heterocycles. The van der Waals surface area contributed by atoms with Gasteiger partial charge in [-0.15, -0.1) is 0 Å². The predicted molar refractivity (Wildman–Crippen MR) is 128 cm³/mol. The third kappa shape index (κ3) is 2.87. The number of Topliss-reactive ketones (excluding diaryl/α,β-unsaturated/α-hetero) is 2. The topological polar surface area (TPSA) is 90.0 Å². The zero-order chi connectivity index (χ0) is 24.5. The molecule has 0 N–H and O–H groups in total. The van der Waals surface area contributed by atoms with Gasteiger partial charge >= 0.3 is 0 Å². The van der Waals surface area contributed by atoms with Crippen molar-refractivity contribution in [2.24, 2.45) is 11.8 Å². The maximum Gasteiger partial charge on any atom is 0.241 e. The number of hydrogen-bond donors (Lipinski definition) is 0. The van der Waals surface area contributed by atoms with Gasteiger partial charge in [-0.05, 0) is 42.0 Å². The standard InChI is InChI=1S/C27H18BrNO6/c1-34-17-6-4-5-14(13-17)22-20-21(26(33)29(25(20)32)16-11-9-15(28)10-12-16)27(35-22)23(30)18-7-2-3-8-19(18)24(27)31/h2-13,20-22H,1H3/t20-,21+,22-/m0/s1. The van der Waals surface area contributed by atoms with Gasteiger partial charge in [-0.2, -0.15) is 0 Å². The number of anilines is 1. The molecule has 7 nitrogen and oxygen atoms in total. The number of methoxy groups -OCH3 is 1. The fourth-order valence-corrected chi connectivity index (χ4v) is 5.75. The van der Waals surface area contributed by atoms with E-state index in [1.54, 1.807) is 72.8 Å². The van der Waals surface area contributed by atoms with Crippen LogP contribution in [-0.4, -0.2) is 36.1 Å². The molecule has 0 bridgehead atoms. The summed E-state index contributed by atoms with van der Waals surface area (Å²) in [7, 11) is 1.51. The van der Waals surface area contributed by atoms with E-state index in [9.17, 15) is 19.2 Å². The number of carbonyl (C=O) groups excluding carboxylic acids is 4. The maximum atomic E-state index is 13.9. The van der Waals surface area contributed by atoms with E-state index >= 15 is 0 Å². The first-order chi connectivity index (χ1) is 16.9. The molecule has 0 aromatic heterocycles. The molecule has 0 saturated carbocycles. The van der Waals surface area contributed by atoms with Gasteiger partial charge in [0.15, 0.2) is 0 Å². The summed E-state index contributed by atoms with van der Waals surface area (Å²) < 4.78 is 12.4. The molecular weight excluding hydrogens is 514 g/mol. The number of amides is 2. The van der Waals surface area contributed by atoms with Crippen molar-refractivity contribution in [3.8, 4) is 5.75 Å². The Bertz CT molecular complexity index is 1400. The van der Waals surface area contributed by atoms with E-state index in [-0.39, 0.29) is 11.1 Å². The minimum absolute atomic E-state index is 0.199. The van der Waals surface area contributed by atoms with Gasteiger partial charge in [-0.3, -0.25) is 19.2 Å². The van der Waals surface area contributed by atoms with Crippen LogP contribution in [0.15, 0.2) is 77.3 Å². The molecule has 3 atom stereocenters. The minimum atomic E-state index is -2.10. The molecule has 0 radical (unpaired) electrons. The number of imide groups is 1. The SMILES string of the molecule is COc1cccc([C@@H]2OC3(C(=O)c4ccccc4C3=O)[C@H]3C(=O)N(c4ccc(Br)cc4)C(=O)[C@H]23)c1. The molecule has 3 aliphatic rings. The second-order valence-electron chi connectivity index (χ2n) is 8.75. The fourth-order valence-electron chi connectivity index (χ4n) is 5.48. The van der Waals surface area contributed by atoms with E-state index < -0.39 is 46.9 Å². The highest BCUT2D eigenvalue weighted by Crippen LogP contribution is 2.57. The summed E-state index contributed by atoms with van der Waals surface area (Å²) in [4.78, 5) is 56.3. The Morgan fingerprint density at radius 3 is 2.14 bits per heavy atom. The third-order valence-corrected chi connectivity index (χ3v) is 7.55. The Morgan fingerprint density at radius 1 is 0.857 bits per heavy atom. The molecule has 1 aliphatic carbocycles. The van der Waals surface area contributed by atoms with Gasteiger partial charge < -0.3 is 9.47 Å². The normalized spacial score (nSPS) is 24.3. The summed E-state index contributed by atoms with van der Waals surface area (Å²) in [5.74, 6) is -4.12. The first-order valence-electron chi connectivity index (χ1n) is 11.0. The number of nitrogens with zero attached hydrogens (tertiary/aromatic N) is 1. The largest absolute Gasteiger partial charge is 0.497 e. The zero-order valence-electron chi connectivity index (χ0n) is 18.4. The summed E-state index contributed by atoms with van der Waals surface area (Å²) in [5.41, 5.74) is -0.784. The van der Waals surface area contributed by atoms with Gasteiger partial charge in [-0.1, -0.05) is 52.3 Å². The molecule has 8 heteroatoms. The Hall–Kier alpha value is -3.62. The van der Waals surface area contributed by atoms with Gasteiger partial charge in [0.2, 0.25) is 29.0 Å². The molecule has 0 unspecified atom stereocenters. The molecule has 6 rings (SSSR count). The van der Waals surface area contributed by atoms with E-state index in [1.807, 2.05) is 0 Å². The zero-order valence-corrected chi connectivity index (χ0v) is 20.0. The third-order valence-electron chi connectivity index (χ3n) is 7.03. The van der Waals surface area contributed by atoms with Gasteiger partial charge in [0.05, 0.1) is 30.7 Å². The van der Waals surface area contributed by atoms with Crippen LogP contribution in [0.3, 0.4) is 0 Å². The Kier molecular flexibility index (Phi) is 4.81. The van der Waals surface area contributed by atoms with Gasteiger partial charge in [0, 0.05) is 15.6 Å². The van der Waals surface area contributed by atoms with E-state index in [4.69, 9.17) is 9.47 Å². The molecule has 2 amide bonds. The first kappa shape index (κ1) is 21.9. The van der Waals surface area contributed by atoms with Crippen molar-refractivity contribution in [1.29, 1.82) is 0 Å². The number of hydrogen-bond acceptors (Lipinski definition) is 6. The number of ether oxygens (including phenoxy) is 2. The van der Waals surface area contributed by atoms with Gasteiger partial charge in [0.25, 0.3) is 0 Å². The number of fused-ring (bicyclic) bond motifs is 3. The minimum Gasteiger partial charge on any atom is -0.497 e. The Morgan fingerprint density at radius 2 is 1.51 bits per heavy atom. The van der Waals surface area contributed by atoms with Crippen LogP contribution in [0.25, 0.3) is 0 Å². The van der Waals surface area contributed by atoms with E-state index in [0.717, 1.165) is 9.37 Å². The lowest BCUT2D eigenvalue weighted by atomic mass is 9.77. The quantitative estimate of drug-likeness (QED) is 0.372. The van der Waals surface area contributed by atoms with E-state index in [2.05, 4.69) is 15.9 Å². The van der Waals surface area contributed by atoms with Crippen molar-refractivity contribution in [2.75, 3.05) is 12.0 Å². The van der Waals surface area contributed by atoms with Crippen LogP contribution in [0.2, 0.25) is 0 Å². The van der Waals surface area contributed by atoms with Crippen molar-refractivity contribution in [3.05, 3.63) is 94.0 Å². The molecule has 1 spiro atoms. The summed E-state index contributed by atoms with van der Waals surface area (Å²) in [6, 6.07) is 20.0. The molecule has 35 heavy (non-hydrogen) atoms. The van der Waals surface area contributed by atoms with Crippen molar-refractivity contribution < 1.29 is 28.7 Å². The first-order valence-corrected chi connectivity index (χ1v) is 11.8. The summed E-state index contributed by atoms with van der Waals surface area (Å²) in [6.07, 6.45) is -0.991. The van der Waals surface area contributed by atoms with E-state index in [1.165, 1.54) is 7.11 Å². The number of benzene rings is 3. The van der Waals surface area contributed by atoms with Crippen molar-refractivity contribution >= 4 is 45.0 Å². The summed E-state index contributed by atoms with van der Waals surface area (Å²) in [6.45, 7) is 0. The van der Waals surface area contributed by atoms with Crippen LogP contribution in [0.4, 0.5) is 5.69 Å². The molecular formula is C27H18BrNO6. The van der Waals surface area contributed by atoms with Crippen molar-refractivity contribution in [1.82, 2.24) is 0 Å². The Labute approximate surface area is 208 Å². The Balaban J connectivity index is 1.54. The van der Waals surface area contributed by atoms with Crippen LogP contribution in [0.5, 0.6) is 5.75 Å². The lowest BCUT2D eigenvalue weighted by Crippen LogP contribution is -2.51. The van der Waals surface area contributed by atoms with Crippen LogP contribution >= 0.6 is 15.9 Å². The van der Waals surface area contributed by atoms with Crippen LogP contribution in [0.1, 0.15) is 32.4 Å². The predicted octanol–water partition coefficient (Wildman–Crippen LogP) is 4.15. The molecule has 2 heterocycles. The molecule has 174 valence electrons. The number of halogens is 1. The maximum absolute atomic E-state index is 13.9. The number of rotatable bonds is 3. The van der Waals surface area contributed by atoms with Crippen LogP contribution in [0, 0.1) is 11.8 Å². The summed E-state index contributed by atoms with van der Waals surface area (Å²) in [5, 5.41) is 0. The van der Waals surface area contributed by atoms with Gasteiger partial charge in [-0.25, -0.2) is 4.90 Å². The lowest BCUT2D eigenvalue weighted by molar-refractivity contribution is -0.127. The molecule has 3 aromatic carbocycles. The van der Waals surface area contributed by atoms with E-state index in [0.29, 0.717) is 17.0 Å². The smallest absolute Gasteiger partial charge is 0.241 e. The highest BCUT2D eigenvalue weighted by atomic mass is 79.9. The van der Waals surface area contributed by atoms with Gasteiger partial charge in [0.1, 0.15) is 5.75 Å². The molecule has 2 aliphatic heterocycles. The second kappa shape index (κ2) is 7.69. The van der Waals surface area contributed by atoms with Crippen molar-refractivity contribution in [3.63, 3.8) is 0 Å². The van der Waals surface area contributed by atoms with Crippen LogP contribution in [-0.2, 0) is 14.3 Å². The van der Waals surface area contributed by atoms with Crippen molar-refractivity contribution in [2.45, 2.75) is 11.7 Å². The highest BCUT2D eigenvalue weighted by Gasteiger charge is 2.74. The average Bonchev–Trinajstić information content (AvgIpc) is 3.45. The monoisotopic (exact) mass is 531 g/mol. The number of carbonyl (C=O) groups is 4. The molecule has 3 aromatic rings.